The second-order valence-corrected chi connectivity index (χ2v) is 8.14. The molecule has 6 nitrogen and oxygen atoms in total. The predicted octanol–water partition coefficient (Wildman–Crippen LogP) is 2.56. The van der Waals surface area contributed by atoms with Crippen LogP contribution in [0, 0.1) is 11.8 Å². The van der Waals surface area contributed by atoms with Crippen molar-refractivity contribution in [2.75, 3.05) is 20.2 Å². The van der Waals surface area contributed by atoms with E-state index in [-0.39, 0.29) is 17.9 Å². The summed E-state index contributed by atoms with van der Waals surface area (Å²) in [6.07, 6.45) is 3.97. The summed E-state index contributed by atoms with van der Waals surface area (Å²) >= 11 is 0. The molecule has 6 heteroatoms. The fraction of sp³-hybridized carbons (Fsp3) is 0.889. The normalized spacial score (nSPS) is 31.5. The zero-order valence-corrected chi connectivity index (χ0v) is 15.6. The van der Waals surface area contributed by atoms with Crippen LogP contribution in [0.2, 0.25) is 0 Å². The number of hydrogen-bond donors (Lipinski definition) is 1. The molecular weight excluding hydrogens is 308 g/mol. The number of methoxy groups -OCH3 is 1. The smallest absolute Gasteiger partial charge is 0.407 e. The summed E-state index contributed by atoms with van der Waals surface area (Å²) in [6.45, 7) is 9.30. The summed E-state index contributed by atoms with van der Waals surface area (Å²) in [5.41, 5.74) is -0.551. The number of carbonyl (C=O) groups is 2. The Balaban J connectivity index is 2.01. The van der Waals surface area contributed by atoms with Crippen molar-refractivity contribution in [3.63, 3.8) is 0 Å². The van der Waals surface area contributed by atoms with Crippen molar-refractivity contribution >= 4 is 12.1 Å². The van der Waals surface area contributed by atoms with Gasteiger partial charge in [-0.1, -0.05) is 13.3 Å². The maximum Gasteiger partial charge on any atom is 0.407 e. The van der Waals surface area contributed by atoms with Crippen LogP contribution >= 0.6 is 0 Å². The highest BCUT2D eigenvalue weighted by atomic mass is 16.6. The summed E-state index contributed by atoms with van der Waals surface area (Å²) in [5, 5.41) is 2.87. The van der Waals surface area contributed by atoms with E-state index < -0.39 is 11.7 Å². The lowest BCUT2D eigenvalue weighted by Gasteiger charge is -2.41. The predicted molar refractivity (Wildman–Crippen MR) is 91.7 cm³/mol. The fourth-order valence-electron chi connectivity index (χ4n) is 3.97. The maximum absolute atomic E-state index is 12.2. The van der Waals surface area contributed by atoms with Crippen LogP contribution in [0.15, 0.2) is 0 Å². The number of esters is 1. The van der Waals surface area contributed by atoms with E-state index >= 15 is 0 Å². The van der Waals surface area contributed by atoms with Crippen LogP contribution in [0.4, 0.5) is 4.79 Å². The van der Waals surface area contributed by atoms with E-state index in [1.165, 1.54) is 26.4 Å². The van der Waals surface area contributed by atoms with E-state index in [9.17, 15) is 9.59 Å². The molecule has 2 fully saturated rings. The molecule has 1 saturated carbocycles. The number of rotatable bonds is 3. The Morgan fingerprint density at radius 2 is 1.88 bits per heavy atom. The second kappa shape index (κ2) is 7.72. The van der Waals surface area contributed by atoms with E-state index in [4.69, 9.17) is 9.47 Å². The minimum absolute atomic E-state index is 0.236. The molecule has 138 valence electrons. The molecule has 1 N–H and O–H groups in total. The molecule has 2 unspecified atom stereocenters. The lowest BCUT2D eigenvalue weighted by Crippen LogP contribution is -2.56. The van der Waals surface area contributed by atoms with Crippen LogP contribution < -0.4 is 5.32 Å². The highest BCUT2D eigenvalue weighted by molar-refractivity contribution is 5.75. The third kappa shape index (κ3) is 4.85. The van der Waals surface area contributed by atoms with Crippen LogP contribution in [0.5, 0.6) is 0 Å². The Kier molecular flexibility index (Phi) is 6.12. The Morgan fingerprint density at radius 1 is 1.17 bits per heavy atom. The molecule has 1 heterocycles. The fourth-order valence-corrected chi connectivity index (χ4v) is 3.97. The van der Waals surface area contributed by atoms with E-state index in [1.807, 2.05) is 20.8 Å². The average molecular weight is 340 g/mol. The molecule has 1 amide bonds. The number of carbonyl (C=O) groups excluding carboxylic acids is 2. The molecule has 2 aliphatic rings. The number of hydrogen-bond acceptors (Lipinski definition) is 5. The number of ether oxygens (including phenoxy) is 2. The summed E-state index contributed by atoms with van der Waals surface area (Å²) in [4.78, 5) is 26.7. The molecular formula is C18H32N2O4. The number of amides is 1. The molecule has 24 heavy (non-hydrogen) atoms. The topological polar surface area (TPSA) is 67.9 Å². The molecule has 0 aromatic carbocycles. The minimum Gasteiger partial charge on any atom is -0.469 e. The van der Waals surface area contributed by atoms with Gasteiger partial charge in [0, 0.05) is 25.2 Å². The largest absolute Gasteiger partial charge is 0.469 e. The van der Waals surface area contributed by atoms with Gasteiger partial charge >= 0.3 is 12.1 Å². The van der Waals surface area contributed by atoms with Gasteiger partial charge in [0.15, 0.2) is 0 Å². The zero-order valence-electron chi connectivity index (χ0n) is 15.6. The molecule has 1 aliphatic carbocycles. The van der Waals surface area contributed by atoms with Gasteiger partial charge in [0.25, 0.3) is 0 Å². The molecule has 4 atom stereocenters. The number of likely N-dealkylation sites (tertiary alicyclic amines) is 1. The Hall–Kier alpha value is -1.30. The van der Waals surface area contributed by atoms with Crippen LogP contribution in [0.3, 0.4) is 0 Å². The van der Waals surface area contributed by atoms with Crippen molar-refractivity contribution in [1.29, 1.82) is 0 Å². The molecule has 0 radical (unpaired) electrons. The first-order chi connectivity index (χ1) is 11.2. The third-order valence-corrected chi connectivity index (χ3v) is 5.14. The maximum atomic E-state index is 12.2. The Morgan fingerprint density at radius 3 is 2.42 bits per heavy atom. The highest BCUT2D eigenvalue weighted by Crippen LogP contribution is 2.32. The van der Waals surface area contributed by atoms with Crippen molar-refractivity contribution < 1.29 is 19.1 Å². The molecule has 0 aromatic heterocycles. The van der Waals surface area contributed by atoms with Gasteiger partial charge in [0.2, 0.25) is 0 Å². The molecule has 1 saturated heterocycles. The van der Waals surface area contributed by atoms with Gasteiger partial charge in [0.05, 0.1) is 13.0 Å². The molecule has 2 rings (SSSR count). The first-order valence-corrected chi connectivity index (χ1v) is 9.02. The van der Waals surface area contributed by atoms with Gasteiger partial charge in [-0.2, -0.15) is 0 Å². The second-order valence-electron chi connectivity index (χ2n) is 8.14. The molecule has 0 bridgehead atoms. The number of nitrogens with one attached hydrogen (secondary N) is 1. The van der Waals surface area contributed by atoms with Crippen molar-refractivity contribution in [2.24, 2.45) is 11.8 Å². The lowest BCUT2D eigenvalue weighted by molar-refractivity contribution is -0.149. The van der Waals surface area contributed by atoms with Gasteiger partial charge < -0.3 is 14.8 Å². The van der Waals surface area contributed by atoms with E-state index in [0.717, 1.165) is 13.0 Å². The van der Waals surface area contributed by atoms with Crippen molar-refractivity contribution in [3.05, 3.63) is 0 Å². The summed E-state index contributed by atoms with van der Waals surface area (Å²) < 4.78 is 10.3. The molecule has 1 aliphatic heterocycles. The standard InChI is InChI=1S/C18H32N2O4/c1-12-7-6-8-15(12)20-10-9-14(13(11-20)16(21)23-5)19-17(22)24-18(2,3)4/h12-15H,6-11H2,1-5H3,(H,19,22)/t12?,13-,14-,15?/m1/s1. The van der Waals surface area contributed by atoms with Crippen LogP contribution in [-0.4, -0.2) is 54.8 Å². The quantitative estimate of drug-likeness (QED) is 0.800. The van der Waals surface area contributed by atoms with Gasteiger partial charge in [0.1, 0.15) is 5.60 Å². The van der Waals surface area contributed by atoms with Gasteiger partial charge in [-0.05, 0) is 46.0 Å². The molecule has 0 aromatic rings. The summed E-state index contributed by atoms with van der Waals surface area (Å²) in [6, 6.07) is 0.305. The number of nitrogens with zero attached hydrogens (tertiary/aromatic N) is 1. The Labute approximate surface area is 145 Å². The zero-order chi connectivity index (χ0) is 17.9. The van der Waals surface area contributed by atoms with Crippen molar-refractivity contribution in [3.8, 4) is 0 Å². The van der Waals surface area contributed by atoms with E-state index in [1.54, 1.807) is 0 Å². The first kappa shape index (κ1) is 19.0. The van der Waals surface area contributed by atoms with Crippen LogP contribution in [0.1, 0.15) is 53.4 Å². The first-order valence-electron chi connectivity index (χ1n) is 9.02. The monoisotopic (exact) mass is 340 g/mol. The van der Waals surface area contributed by atoms with Crippen molar-refractivity contribution in [1.82, 2.24) is 10.2 Å². The van der Waals surface area contributed by atoms with E-state index in [2.05, 4.69) is 17.1 Å². The van der Waals surface area contributed by atoms with E-state index in [0.29, 0.717) is 18.5 Å². The SMILES string of the molecule is COC(=O)[C@@H]1CN(C2CCCC2C)CC[C@H]1NC(=O)OC(C)(C)C. The van der Waals surface area contributed by atoms with Crippen LogP contribution in [-0.2, 0) is 14.3 Å². The minimum atomic E-state index is -0.551. The van der Waals surface area contributed by atoms with Gasteiger partial charge in [-0.3, -0.25) is 9.69 Å². The number of piperidine rings is 1. The number of alkyl carbamates (subject to hydrolysis) is 1. The van der Waals surface area contributed by atoms with Gasteiger partial charge in [-0.25, -0.2) is 4.79 Å². The summed E-state index contributed by atoms with van der Waals surface area (Å²) in [5.74, 6) is 0.0640. The van der Waals surface area contributed by atoms with Crippen LogP contribution in [0.25, 0.3) is 0 Å². The lowest BCUT2D eigenvalue weighted by atomic mass is 9.89. The van der Waals surface area contributed by atoms with Crippen molar-refractivity contribution in [2.45, 2.75) is 71.1 Å². The average Bonchev–Trinajstić information content (AvgIpc) is 2.91. The highest BCUT2D eigenvalue weighted by Gasteiger charge is 2.40. The summed E-state index contributed by atoms with van der Waals surface area (Å²) in [7, 11) is 1.41. The molecule has 0 spiro atoms. The third-order valence-electron chi connectivity index (χ3n) is 5.14. The van der Waals surface area contributed by atoms with Gasteiger partial charge in [-0.15, -0.1) is 0 Å². The Bertz CT molecular complexity index is 460.